The molecule has 0 aliphatic heterocycles. The van der Waals surface area contributed by atoms with Crippen LogP contribution in [-0.4, -0.2) is 44.6 Å². The van der Waals surface area contributed by atoms with Crippen molar-refractivity contribution >= 4 is 17.8 Å². The first-order valence-corrected chi connectivity index (χ1v) is 7.66. The molecule has 0 saturated heterocycles. The Morgan fingerprint density at radius 3 is 2.21 bits per heavy atom. The Balaban J connectivity index is 2.53. The number of carbonyl (C=O) groups is 3. The normalized spacial score (nSPS) is 11.5. The molecule has 7 nitrogen and oxygen atoms in total. The van der Waals surface area contributed by atoms with Crippen LogP contribution in [0, 0.1) is 5.92 Å². The number of benzene rings is 1. The van der Waals surface area contributed by atoms with Crippen LogP contribution >= 0.6 is 0 Å². The van der Waals surface area contributed by atoms with Gasteiger partial charge >= 0.3 is 5.97 Å². The monoisotopic (exact) mass is 336 g/mol. The van der Waals surface area contributed by atoms with E-state index in [4.69, 9.17) is 4.74 Å². The lowest BCUT2D eigenvalue weighted by molar-refractivity contribution is -0.145. The summed E-state index contributed by atoms with van der Waals surface area (Å²) in [6, 6.07) is 5.79. The lowest BCUT2D eigenvalue weighted by Gasteiger charge is -2.18. The lowest BCUT2D eigenvalue weighted by Crippen LogP contribution is -2.46. The van der Waals surface area contributed by atoms with Gasteiger partial charge in [0.2, 0.25) is 5.91 Å². The van der Waals surface area contributed by atoms with Gasteiger partial charge in [0, 0.05) is 5.56 Å². The van der Waals surface area contributed by atoms with E-state index in [-0.39, 0.29) is 18.4 Å². The van der Waals surface area contributed by atoms with Crippen LogP contribution in [0.4, 0.5) is 0 Å². The molecule has 0 aromatic heterocycles. The van der Waals surface area contributed by atoms with Crippen molar-refractivity contribution in [3.8, 4) is 5.75 Å². The lowest BCUT2D eigenvalue weighted by atomic mass is 10.0. The molecular formula is C17H24N2O5. The molecule has 0 unspecified atom stereocenters. The first-order valence-electron chi connectivity index (χ1n) is 7.66. The van der Waals surface area contributed by atoms with Crippen LogP contribution < -0.4 is 15.4 Å². The molecule has 0 aliphatic carbocycles. The molecule has 0 spiro atoms. The van der Waals surface area contributed by atoms with E-state index >= 15 is 0 Å². The second kappa shape index (κ2) is 9.54. The number of ether oxygens (including phenoxy) is 2. The summed E-state index contributed by atoms with van der Waals surface area (Å²) < 4.78 is 9.69. The third-order valence-electron chi connectivity index (χ3n) is 3.29. The summed E-state index contributed by atoms with van der Waals surface area (Å²) in [6.07, 6.45) is 0.463. The number of amides is 2. The fourth-order valence-corrected chi connectivity index (χ4v) is 2.08. The minimum absolute atomic E-state index is 0.211. The van der Waals surface area contributed by atoms with E-state index in [0.29, 0.717) is 17.7 Å². The molecule has 0 aliphatic rings. The topological polar surface area (TPSA) is 93.7 Å². The highest BCUT2D eigenvalue weighted by molar-refractivity contribution is 5.97. The van der Waals surface area contributed by atoms with Crippen molar-refractivity contribution in [1.82, 2.24) is 10.6 Å². The van der Waals surface area contributed by atoms with E-state index in [0.717, 1.165) is 0 Å². The number of hydrogen-bond acceptors (Lipinski definition) is 5. The van der Waals surface area contributed by atoms with Crippen molar-refractivity contribution < 1.29 is 23.9 Å². The van der Waals surface area contributed by atoms with Gasteiger partial charge in [0.05, 0.1) is 20.8 Å². The van der Waals surface area contributed by atoms with E-state index in [1.165, 1.54) is 14.2 Å². The quantitative estimate of drug-likeness (QED) is 0.694. The molecule has 0 heterocycles. The average molecular weight is 336 g/mol. The first kappa shape index (κ1) is 19.5. The molecule has 0 bridgehead atoms. The second-order valence-corrected chi connectivity index (χ2v) is 5.68. The van der Waals surface area contributed by atoms with Gasteiger partial charge in [-0.05, 0) is 36.6 Å². The summed E-state index contributed by atoms with van der Waals surface area (Å²) in [4.78, 5) is 35.6. The summed E-state index contributed by atoms with van der Waals surface area (Å²) in [6.45, 7) is 3.65. The maximum atomic E-state index is 12.0. The Bertz CT molecular complexity index is 569. The molecule has 132 valence electrons. The van der Waals surface area contributed by atoms with Crippen LogP contribution in [0.25, 0.3) is 0 Å². The van der Waals surface area contributed by atoms with Gasteiger partial charge in [-0.2, -0.15) is 0 Å². The van der Waals surface area contributed by atoms with Crippen LogP contribution in [0.5, 0.6) is 5.75 Å². The third kappa shape index (κ3) is 6.28. The highest BCUT2D eigenvalue weighted by atomic mass is 16.5. The van der Waals surface area contributed by atoms with Crippen LogP contribution in [0.15, 0.2) is 24.3 Å². The summed E-state index contributed by atoms with van der Waals surface area (Å²) in [7, 11) is 2.81. The number of hydrogen-bond donors (Lipinski definition) is 2. The molecule has 0 saturated carbocycles. The molecule has 1 aromatic rings. The standard InChI is InChI=1S/C17H24N2O5/c1-11(2)9-14(17(22)24-4)19-15(20)10-18-16(21)12-5-7-13(23-3)8-6-12/h5-8,11,14H,9-10H2,1-4H3,(H,18,21)(H,19,20)/t14-/m1/s1. The molecule has 24 heavy (non-hydrogen) atoms. The number of esters is 1. The third-order valence-corrected chi connectivity index (χ3v) is 3.29. The minimum Gasteiger partial charge on any atom is -0.497 e. The van der Waals surface area contributed by atoms with E-state index in [2.05, 4.69) is 15.4 Å². The Labute approximate surface area is 141 Å². The van der Waals surface area contributed by atoms with Crippen molar-refractivity contribution in [2.24, 2.45) is 5.92 Å². The highest BCUT2D eigenvalue weighted by Gasteiger charge is 2.22. The van der Waals surface area contributed by atoms with Crippen LogP contribution in [-0.2, 0) is 14.3 Å². The van der Waals surface area contributed by atoms with Gasteiger partial charge in [-0.25, -0.2) is 4.79 Å². The fourth-order valence-electron chi connectivity index (χ4n) is 2.08. The second-order valence-electron chi connectivity index (χ2n) is 5.68. The van der Waals surface area contributed by atoms with Crippen molar-refractivity contribution in [2.75, 3.05) is 20.8 Å². The summed E-state index contributed by atoms with van der Waals surface area (Å²) >= 11 is 0. The molecular weight excluding hydrogens is 312 g/mol. The molecule has 0 fully saturated rings. The molecule has 1 atom stereocenters. The van der Waals surface area contributed by atoms with Crippen LogP contribution in [0.3, 0.4) is 0 Å². The first-order chi connectivity index (χ1) is 11.4. The fraction of sp³-hybridized carbons (Fsp3) is 0.471. The number of rotatable bonds is 8. The smallest absolute Gasteiger partial charge is 0.328 e. The number of carbonyl (C=O) groups excluding carboxylic acids is 3. The van der Waals surface area contributed by atoms with Gasteiger partial charge in [-0.1, -0.05) is 13.8 Å². The van der Waals surface area contributed by atoms with Crippen molar-refractivity contribution in [2.45, 2.75) is 26.3 Å². The molecule has 2 amide bonds. The predicted molar refractivity (Wildman–Crippen MR) is 88.7 cm³/mol. The molecule has 0 radical (unpaired) electrons. The van der Waals surface area contributed by atoms with Gasteiger partial charge in [-0.3, -0.25) is 9.59 Å². The average Bonchev–Trinajstić information content (AvgIpc) is 2.58. The van der Waals surface area contributed by atoms with Gasteiger partial charge in [0.15, 0.2) is 0 Å². The number of nitrogens with one attached hydrogen (secondary N) is 2. The predicted octanol–water partition coefficient (Wildman–Crippen LogP) is 1.13. The van der Waals surface area contributed by atoms with Gasteiger partial charge < -0.3 is 20.1 Å². The van der Waals surface area contributed by atoms with Gasteiger partial charge in [0.25, 0.3) is 5.91 Å². The molecule has 1 aromatic carbocycles. The largest absolute Gasteiger partial charge is 0.497 e. The van der Waals surface area contributed by atoms with Crippen molar-refractivity contribution in [3.05, 3.63) is 29.8 Å². The van der Waals surface area contributed by atoms with E-state index < -0.39 is 17.9 Å². The SMILES string of the molecule is COC(=O)[C@@H](CC(C)C)NC(=O)CNC(=O)c1ccc(OC)cc1. The van der Waals surface area contributed by atoms with Gasteiger partial charge in [0.1, 0.15) is 11.8 Å². The minimum atomic E-state index is -0.722. The van der Waals surface area contributed by atoms with Crippen molar-refractivity contribution in [3.63, 3.8) is 0 Å². The zero-order valence-electron chi connectivity index (χ0n) is 14.4. The Morgan fingerprint density at radius 2 is 1.71 bits per heavy atom. The number of methoxy groups -OCH3 is 2. The molecule has 7 heteroatoms. The maximum absolute atomic E-state index is 12.0. The van der Waals surface area contributed by atoms with Crippen molar-refractivity contribution in [1.29, 1.82) is 0 Å². The van der Waals surface area contributed by atoms with Crippen LogP contribution in [0.2, 0.25) is 0 Å². The Morgan fingerprint density at radius 1 is 1.08 bits per heavy atom. The summed E-state index contributed by atoms with van der Waals surface area (Å²) in [5.74, 6) is -0.486. The van der Waals surface area contributed by atoms with E-state index in [1.807, 2.05) is 13.8 Å². The van der Waals surface area contributed by atoms with E-state index in [1.54, 1.807) is 24.3 Å². The molecule has 1 rings (SSSR count). The summed E-state index contributed by atoms with van der Waals surface area (Å²) in [5, 5.41) is 5.08. The zero-order chi connectivity index (χ0) is 18.1. The maximum Gasteiger partial charge on any atom is 0.328 e. The highest BCUT2D eigenvalue weighted by Crippen LogP contribution is 2.11. The molecule has 2 N–H and O–H groups in total. The zero-order valence-corrected chi connectivity index (χ0v) is 14.4. The van der Waals surface area contributed by atoms with E-state index in [9.17, 15) is 14.4 Å². The van der Waals surface area contributed by atoms with Crippen LogP contribution in [0.1, 0.15) is 30.6 Å². The Kier molecular flexibility index (Phi) is 7.74. The summed E-state index contributed by atoms with van der Waals surface area (Å²) in [5.41, 5.74) is 0.412. The van der Waals surface area contributed by atoms with Gasteiger partial charge in [-0.15, -0.1) is 0 Å². The Hall–Kier alpha value is -2.57.